The number of aromatic nitrogens is 2. The first-order valence-corrected chi connectivity index (χ1v) is 13.2. The lowest BCUT2D eigenvalue weighted by atomic mass is 10.2. The molecule has 3 aromatic carbocycles. The van der Waals surface area contributed by atoms with E-state index in [4.69, 9.17) is 4.74 Å². The Morgan fingerprint density at radius 3 is 1.95 bits per heavy atom. The molecule has 0 amide bonds. The van der Waals surface area contributed by atoms with Crippen LogP contribution in [0.25, 0.3) is 0 Å². The van der Waals surface area contributed by atoms with Crippen molar-refractivity contribution in [2.75, 3.05) is 19.1 Å². The lowest BCUT2D eigenvalue weighted by molar-refractivity contribution is -0.274. The van der Waals surface area contributed by atoms with Gasteiger partial charge in [0.1, 0.15) is 11.5 Å². The summed E-state index contributed by atoms with van der Waals surface area (Å²) in [4.78, 5) is 6.35. The number of hydrogen-bond acceptors (Lipinski definition) is 6. The Morgan fingerprint density at radius 1 is 0.872 bits per heavy atom. The molecule has 0 aliphatic heterocycles. The van der Waals surface area contributed by atoms with Crippen LogP contribution in [-0.4, -0.2) is 42.8 Å². The van der Waals surface area contributed by atoms with Crippen molar-refractivity contribution in [3.8, 4) is 11.5 Å². The molecular formula is C27H27F3N4O4S. The van der Waals surface area contributed by atoms with Crippen LogP contribution in [0.2, 0.25) is 0 Å². The van der Waals surface area contributed by atoms with Crippen molar-refractivity contribution in [1.29, 1.82) is 0 Å². The number of imidazole rings is 1. The van der Waals surface area contributed by atoms with Gasteiger partial charge in [-0.05, 0) is 59.7 Å². The fourth-order valence-electron chi connectivity index (χ4n) is 3.87. The third kappa shape index (κ3) is 7.09. The molecule has 39 heavy (non-hydrogen) atoms. The van der Waals surface area contributed by atoms with Gasteiger partial charge in [-0.2, -0.15) is 4.31 Å². The molecule has 0 radical (unpaired) electrons. The highest BCUT2D eigenvalue weighted by molar-refractivity contribution is 7.89. The molecule has 0 fully saturated rings. The Balaban J connectivity index is 1.54. The molecule has 1 aromatic heterocycles. The van der Waals surface area contributed by atoms with Crippen LogP contribution >= 0.6 is 0 Å². The van der Waals surface area contributed by atoms with Gasteiger partial charge in [-0.3, -0.25) is 0 Å². The molecule has 0 atom stereocenters. The third-order valence-corrected chi connectivity index (χ3v) is 7.70. The van der Waals surface area contributed by atoms with E-state index >= 15 is 0 Å². The van der Waals surface area contributed by atoms with Crippen LogP contribution in [0.1, 0.15) is 11.1 Å². The predicted molar refractivity (Wildman–Crippen MR) is 140 cm³/mol. The molecule has 0 aliphatic carbocycles. The largest absolute Gasteiger partial charge is 0.573 e. The maximum Gasteiger partial charge on any atom is 0.573 e. The van der Waals surface area contributed by atoms with E-state index in [1.54, 1.807) is 60.6 Å². The topological polar surface area (TPSA) is 76.9 Å². The fraction of sp³-hybridized carbons (Fsp3) is 0.222. The maximum atomic E-state index is 13.2. The van der Waals surface area contributed by atoms with E-state index in [1.165, 1.54) is 47.8 Å². The summed E-state index contributed by atoms with van der Waals surface area (Å²) in [6, 6.07) is 19.1. The zero-order valence-corrected chi connectivity index (χ0v) is 22.3. The summed E-state index contributed by atoms with van der Waals surface area (Å²) in [7, 11) is 1.11. The monoisotopic (exact) mass is 560 g/mol. The number of halogens is 3. The van der Waals surface area contributed by atoms with E-state index < -0.39 is 16.4 Å². The molecule has 0 saturated carbocycles. The number of benzene rings is 3. The number of nitrogens with zero attached hydrogens (tertiary/aromatic N) is 4. The number of anilines is 2. The van der Waals surface area contributed by atoms with Crippen molar-refractivity contribution < 1.29 is 31.1 Å². The molecule has 0 unspecified atom stereocenters. The summed E-state index contributed by atoms with van der Waals surface area (Å²) in [6.07, 6.45) is -1.36. The average molecular weight is 561 g/mol. The average Bonchev–Trinajstić information content (AvgIpc) is 3.33. The first-order valence-electron chi connectivity index (χ1n) is 11.7. The van der Waals surface area contributed by atoms with Crippen LogP contribution in [0.15, 0.2) is 90.2 Å². The van der Waals surface area contributed by atoms with Gasteiger partial charge >= 0.3 is 6.36 Å². The van der Waals surface area contributed by atoms with E-state index in [-0.39, 0.29) is 23.7 Å². The van der Waals surface area contributed by atoms with Crippen LogP contribution in [0, 0.1) is 0 Å². The van der Waals surface area contributed by atoms with Gasteiger partial charge in [0.15, 0.2) is 5.82 Å². The molecule has 4 aromatic rings. The predicted octanol–water partition coefficient (Wildman–Crippen LogP) is 5.49. The molecule has 8 nitrogen and oxygen atoms in total. The maximum absolute atomic E-state index is 13.2. The molecule has 1 heterocycles. The summed E-state index contributed by atoms with van der Waals surface area (Å²) < 4.78 is 76.1. The number of hydrogen-bond donors (Lipinski definition) is 0. The van der Waals surface area contributed by atoms with E-state index in [2.05, 4.69) is 9.72 Å². The number of ether oxygens (including phenoxy) is 2. The summed E-state index contributed by atoms with van der Waals surface area (Å²) in [6.45, 7) is 0.453. The highest BCUT2D eigenvalue weighted by Gasteiger charge is 2.31. The highest BCUT2D eigenvalue weighted by Crippen LogP contribution is 2.29. The van der Waals surface area contributed by atoms with E-state index in [0.29, 0.717) is 22.8 Å². The molecule has 206 valence electrons. The minimum Gasteiger partial charge on any atom is -0.497 e. The van der Waals surface area contributed by atoms with Gasteiger partial charge in [0.2, 0.25) is 10.0 Å². The second kappa shape index (κ2) is 11.4. The number of rotatable bonds is 10. The van der Waals surface area contributed by atoms with Crippen LogP contribution in [-0.2, 0) is 30.2 Å². The molecule has 4 rings (SSSR count). The van der Waals surface area contributed by atoms with Crippen molar-refractivity contribution >= 4 is 21.5 Å². The van der Waals surface area contributed by atoms with Gasteiger partial charge in [0, 0.05) is 39.1 Å². The number of aryl methyl sites for hydroxylation is 1. The van der Waals surface area contributed by atoms with E-state index in [9.17, 15) is 21.6 Å². The minimum absolute atomic E-state index is 0.122. The molecular weight excluding hydrogens is 533 g/mol. The van der Waals surface area contributed by atoms with Crippen molar-refractivity contribution in [1.82, 2.24) is 13.9 Å². The lowest BCUT2D eigenvalue weighted by Crippen LogP contribution is -2.26. The summed E-state index contributed by atoms with van der Waals surface area (Å²) in [5.41, 5.74) is 2.17. The molecule has 0 bridgehead atoms. The van der Waals surface area contributed by atoms with Crippen molar-refractivity contribution in [2.24, 2.45) is 7.05 Å². The zero-order valence-electron chi connectivity index (χ0n) is 21.5. The summed E-state index contributed by atoms with van der Waals surface area (Å²) in [5.74, 6) is 0.951. The standard InChI is InChI=1S/C27H27F3N4O4S/c1-32-18-26(31-19-32)34(17-21-6-12-24(13-7-21)38-27(28,29)30)22-8-14-25(15-9-22)39(35,36)33(2)16-20-4-10-23(37-3)11-5-20/h4-15,18-19H,16-17H2,1-3H3. The van der Waals surface area contributed by atoms with Gasteiger partial charge in [0.25, 0.3) is 0 Å². The van der Waals surface area contributed by atoms with Gasteiger partial charge in [-0.1, -0.05) is 24.3 Å². The minimum atomic E-state index is -4.77. The Bertz CT molecular complexity index is 1490. The molecule has 0 aliphatic rings. The lowest BCUT2D eigenvalue weighted by Gasteiger charge is -2.24. The summed E-state index contributed by atoms with van der Waals surface area (Å²) in [5, 5.41) is 0. The zero-order chi connectivity index (χ0) is 28.2. The Kier molecular flexibility index (Phi) is 8.17. The first-order chi connectivity index (χ1) is 18.4. The quantitative estimate of drug-likeness (QED) is 0.256. The Labute approximate surface area is 224 Å². The second-order valence-electron chi connectivity index (χ2n) is 8.78. The summed E-state index contributed by atoms with van der Waals surface area (Å²) >= 11 is 0. The molecule has 0 saturated heterocycles. The van der Waals surface area contributed by atoms with Crippen molar-refractivity contribution in [3.05, 3.63) is 96.4 Å². The van der Waals surface area contributed by atoms with Gasteiger partial charge in [0.05, 0.1) is 18.3 Å². The van der Waals surface area contributed by atoms with Crippen LogP contribution in [0.5, 0.6) is 11.5 Å². The highest BCUT2D eigenvalue weighted by atomic mass is 32.2. The number of methoxy groups -OCH3 is 1. The smallest absolute Gasteiger partial charge is 0.497 e. The number of sulfonamides is 1. The molecule has 0 N–H and O–H groups in total. The Hall–Kier alpha value is -4.03. The van der Waals surface area contributed by atoms with E-state index in [1.807, 2.05) is 11.9 Å². The Morgan fingerprint density at radius 2 is 1.44 bits per heavy atom. The van der Waals surface area contributed by atoms with Crippen LogP contribution < -0.4 is 14.4 Å². The van der Waals surface area contributed by atoms with Gasteiger partial charge < -0.3 is 18.9 Å². The first kappa shape index (κ1) is 28.0. The van der Waals surface area contributed by atoms with Crippen LogP contribution in [0.3, 0.4) is 0 Å². The fourth-order valence-corrected chi connectivity index (χ4v) is 5.03. The van der Waals surface area contributed by atoms with Crippen molar-refractivity contribution in [3.63, 3.8) is 0 Å². The normalized spacial score (nSPS) is 12.0. The van der Waals surface area contributed by atoms with Crippen molar-refractivity contribution in [2.45, 2.75) is 24.3 Å². The van der Waals surface area contributed by atoms with Gasteiger partial charge in [-0.25, -0.2) is 13.4 Å². The SMILES string of the molecule is COc1ccc(CN(C)S(=O)(=O)c2ccc(N(Cc3ccc(OC(F)(F)F)cc3)c3cn(C)cn3)cc2)cc1. The molecule has 12 heteroatoms. The molecule has 0 spiro atoms. The second-order valence-corrected chi connectivity index (χ2v) is 10.8. The van der Waals surface area contributed by atoms with Gasteiger partial charge in [-0.15, -0.1) is 13.2 Å². The van der Waals surface area contributed by atoms with E-state index in [0.717, 1.165) is 5.56 Å². The van der Waals surface area contributed by atoms with Crippen LogP contribution in [0.4, 0.5) is 24.7 Å². The third-order valence-electron chi connectivity index (χ3n) is 5.89. The number of alkyl halides is 3.